The van der Waals surface area contributed by atoms with Gasteiger partial charge in [0.2, 0.25) is 0 Å². The van der Waals surface area contributed by atoms with E-state index in [1.807, 2.05) is 37.7 Å². The number of carbonyl (C=O) groups excluding carboxylic acids is 1. The van der Waals surface area contributed by atoms with Crippen molar-refractivity contribution in [3.8, 4) is 0 Å². The molecule has 0 atom stereocenters. The highest BCUT2D eigenvalue weighted by Gasteiger charge is 2.00. The van der Waals surface area contributed by atoms with Crippen molar-refractivity contribution in [3.05, 3.63) is 0 Å². The number of carboxylic acids is 1. The molecule has 0 aliphatic carbocycles. The molecule has 0 radical (unpaired) electrons. The number of aliphatic carboxylic acids is 1. The molecule has 0 aromatic heterocycles. The van der Waals surface area contributed by atoms with Gasteiger partial charge in [-0.1, -0.05) is 13.3 Å². The van der Waals surface area contributed by atoms with Crippen molar-refractivity contribution in [2.45, 2.75) is 19.8 Å². The fourth-order valence-corrected chi connectivity index (χ4v) is 0.604. The van der Waals surface area contributed by atoms with E-state index in [-0.39, 0.29) is 6.42 Å². The van der Waals surface area contributed by atoms with E-state index in [1.54, 1.807) is 6.92 Å². The third-order valence-corrected chi connectivity index (χ3v) is 1.37. The number of carbonyl (C=O) groups is 1. The van der Waals surface area contributed by atoms with Gasteiger partial charge in [-0.2, -0.15) is 0 Å². The van der Waals surface area contributed by atoms with Crippen LogP contribution < -0.4 is 10.8 Å². The molecule has 84 valence electrons. The number of hydrogen-bond acceptors (Lipinski definition) is 2. The second kappa shape index (κ2) is 8.34. The number of nitrogens with zero attached hydrogens (tertiary/aromatic N) is 2. The van der Waals surface area contributed by atoms with E-state index in [1.165, 1.54) is 0 Å². The zero-order valence-corrected chi connectivity index (χ0v) is 9.70. The van der Waals surface area contributed by atoms with Crippen molar-refractivity contribution in [2.24, 2.45) is 5.73 Å². The Bertz CT molecular complexity index is 196. The lowest BCUT2D eigenvalue weighted by Gasteiger charge is -2.04. The molecule has 0 aliphatic rings. The van der Waals surface area contributed by atoms with E-state index in [4.69, 9.17) is 5.73 Å². The van der Waals surface area contributed by atoms with Gasteiger partial charge in [-0.3, -0.25) is 15.2 Å². The summed E-state index contributed by atoms with van der Waals surface area (Å²) in [4.78, 5) is 11.3. The molecular formula is C9H21N3O2. The predicted molar refractivity (Wildman–Crippen MR) is 54.9 cm³/mol. The Hall–Kier alpha value is -1.26. The van der Waals surface area contributed by atoms with Gasteiger partial charge in [0.25, 0.3) is 0 Å². The number of hydrogen-bond donors (Lipinski definition) is 1. The van der Waals surface area contributed by atoms with Crippen LogP contribution >= 0.6 is 0 Å². The molecule has 5 heteroatoms. The molecule has 0 unspecified atom stereocenters. The molecule has 0 fully saturated rings. The first kappa shape index (κ1) is 15.2. The van der Waals surface area contributed by atoms with Gasteiger partial charge in [0, 0.05) is 5.97 Å². The van der Waals surface area contributed by atoms with E-state index in [9.17, 15) is 9.90 Å². The van der Waals surface area contributed by atoms with Crippen LogP contribution in [0.4, 0.5) is 0 Å². The van der Waals surface area contributed by atoms with Crippen LogP contribution in [-0.4, -0.2) is 49.6 Å². The summed E-state index contributed by atoms with van der Waals surface area (Å²) < 4.78 is 1.86. The Labute approximate surface area is 85.8 Å². The molecule has 0 heterocycles. The number of guanidine groups is 1. The summed E-state index contributed by atoms with van der Waals surface area (Å²) in [5.74, 6) is -0.192. The molecular weight excluding hydrogens is 182 g/mol. The second-order valence-electron chi connectivity index (χ2n) is 3.27. The minimum Gasteiger partial charge on any atom is -0.550 e. The average Bonchev–Trinajstić information content (AvgIpc) is 2.03. The molecule has 0 aromatic rings. The molecule has 0 bridgehead atoms. The number of carboxylic acid groups (broad SMARTS) is 1. The van der Waals surface area contributed by atoms with Crippen LogP contribution in [-0.2, 0) is 4.79 Å². The Morgan fingerprint density at radius 1 is 1.43 bits per heavy atom. The molecule has 0 amide bonds. The van der Waals surface area contributed by atoms with E-state index in [2.05, 4.69) is 0 Å². The zero-order valence-electron chi connectivity index (χ0n) is 9.70. The van der Waals surface area contributed by atoms with Gasteiger partial charge in [0.05, 0.1) is 28.2 Å². The van der Waals surface area contributed by atoms with Gasteiger partial charge >= 0.3 is 5.96 Å². The third kappa shape index (κ3) is 10.7. The van der Waals surface area contributed by atoms with Gasteiger partial charge in [0.15, 0.2) is 0 Å². The van der Waals surface area contributed by atoms with Gasteiger partial charge in [-0.25, -0.2) is 0 Å². The van der Waals surface area contributed by atoms with Crippen molar-refractivity contribution in [1.29, 1.82) is 0 Å². The molecule has 0 aliphatic heterocycles. The maximum Gasteiger partial charge on any atom is 0.344 e. The smallest absolute Gasteiger partial charge is 0.344 e. The number of nitrogens with two attached hydrogens (primary N) is 1. The normalized spacial score (nSPS) is 8.36. The predicted octanol–water partition coefficient (Wildman–Crippen LogP) is -1.33. The first-order valence-corrected chi connectivity index (χ1v) is 4.49. The largest absolute Gasteiger partial charge is 0.550 e. The van der Waals surface area contributed by atoms with Crippen LogP contribution in [0.3, 0.4) is 0 Å². The highest BCUT2D eigenvalue weighted by atomic mass is 16.4. The molecule has 0 rings (SSSR count). The molecule has 0 saturated heterocycles. The van der Waals surface area contributed by atoms with Crippen LogP contribution in [0.15, 0.2) is 0 Å². The van der Waals surface area contributed by atoms with Crippen molar-refractivity contribution >= 4 is 11.9 Å². The SMILES string of the molecule is CCCC(=O)[O-].CN(C)C(N)=[N+](C)C. The third-order valence-electron chi connectivity index (χ3n) is 1.37. The summed E-state index contributed by atoms with van der Waals surface area (Å²) in [5, 5.41) is 9.49. The van der Waals surface area contributed by atoms with E-state index in [0.29, 0.717) is 6.42 Å². The minimum absolute atomic E-state index is 0.181. The highest BCUT2D eigenvalue weighted by Crippen LogP contribution is 1.79. The standard InChI is InChI=1S/C5H13N3.C4H8O2/c1-7(2)5(6)8(3)4;1-2-3-4(5)6/h6H,1-4H3;2-3H2,1H3,(H,5,6). The van der Waals surface area contributed by atoms with Crippen LogP contribution in [0.2, 0.25) is 0 Å². The first-order chi connectivity index (χ1) is 6.32. The molecule has 0 aromatic carbocycles. The maximum atomic E-state index is 9.49. The second-order valence-corrected chi connectivity index (χ2v) is 3.27. The molecule has 0 saturated carbocycles. The quantitative estimate of drug-likeness (QED) is 0.343. The van der Waals surface area contributed by atoms with Gasteiger partial charge < -0.3 is 9.90 Å². The molecule has 14 heavy (non-hydrogen) atoms. The fraction of sp³-hybridized carbons (Fsp3) is 0.778. The summed E-state index contributed by atoms with van der Waals surface area (Å²) in [6.45, 7) is 1.80. The van der Waals surface area contributed by atoms with E-state index < -0.39 is 5.97 Å². The van der Waals surface area contributed by atoms with Crippen molar-refractivity contribution in [1.82, 2.24) is 4.90 Å². The Morgan fingerprint density at radius 3 is 1.86 bits per heavy atom. The van der Waals surface area contributed by atoms with Gasteiger partial charge in [0.1, 0.15) is 0 Å². The van der Waals surface area contributed by atoms with Crippen LogP contribution in [0, 0.1) is 0 Å². The summed E-state index contributed by atoms with van der Waals surface area (Å²) >= 11 is 0. The van der Waals surface area contributed by atoms with Crippen LogP contribution in [0.1, 0.15) is 19.8 Å². The molecule has 5 nitrogen and oxygen atoms in total. The highest BCUT2D eigenvalue weighted by molar-refractivity contribution is 5.72. The van der Waals surface area contributed by atoms with Crippen molar-refractivity contribution in [2.75, 3.05) is 28.2 Å². The summed E-state index contributed by atoms with van der Waals surface area (Å²) in [5.41, 5.74) is 5.53. The average molecular weight is 203 g/mol. The lowest BCUT2D eigenvalue weighted by atomic mass is 10.4. The Morgan fingerprint density at radius 2 is 1.86 bits per heavy atom. The van der Waals surface area contributed by atoms with E-state index >= 15 is 0 Å². The fourth-order valence-electron chi connectivity index (χ4n) is 0.604. The van der Waals surface area contributed by atoms with Gasteiger partial charge in [-0.15, -0.1) is 0 Å². The van der Waals surface area contributed by atoms with Crippen molar-refractivity contribution in [3.63, 3.8) is 0 Å². The maximum absolute atomic E-state index is 9.49. The molecule has 0 spiro atoms. The summed E-state index contributed by atoms with van der Waals surface area (Å²) in [7, 11) is 7.65. The van der Waals surface area contributed by atoms with Crippen LogP contribution in [0.25, 0.3) is 0 Å². The Kier molecular flexibility index (Phi) is 9.07. The minimum atomic E-state index is -0.961. The number of rotatable bonds is 2. The van der Waals surface area contributed by atoms with Crippen LogP contribution in [0.5, 0.6) is 0 Å². The van der Waals surface area contributed by atoms with E-state index in [0.717, 1.165) is 5.96 Å². The first-order valence-electron chi connectivity index (χ1n) is 4.49. The van der Waals surface area contributed by atoms with Gasteiger partial charge in [-0.05, 0) is 6.42 Å². The molecule has 2 N–H and O–H groups in total. The van der Waals surface area contributed by atoms with Crippen molar-refractivity contribution < 1.29 is 14.5 Å². The Balaban J connectivity index is 0. The zero-order chi connectivity index (χ0) is 11.7. The monoisotopic (exact) mass is 203 g/mol. The lowest BCUT2D eigenvalue weighted by molar-refractivity contribution is -0.470. The summed E-state index contributed by atoms with van der Waals surface area (Å²) in [6, 6.07) is 0. The summed E-state index contributed by atoms with van der Waals surface area (Å²) in [6.07, 6.45) is 0.850. The lowest BCUT2D eigenvalue weighted by Crippen LogP contribution is -2.36. The topological polar surface area (TPSA) is 72.4 Å².